The fraction of sp³-hybridized carbons (Fsp3) is 0.538. The molecule has 1 amide bonds. The van der Waals surface area contributed by atoms with Crippen LogP contribution in [0.25, 0.3) is 16.7 Å². The summed E-state index contributed by atoms with van der Waals surface area (Å²) in [6.07, 6.45) is 6.82. The third-order valence-corrected chi connectivity index (χ3v) is 6.45. The van der Waals surface area contributed by atoms with E-state index in [0.29, 0.717) is 19.5 Å². The quantitative estimate of drug-likeness (QED) is 0.423. The second-order valence-electron chi connectivity index (χ2n) is 9.06. The zero-order valence-electron chi connectivity index (χ0n) is 20.6. The third kappa shape index (κ3) is 5.21. The molecule has 0 bridgehead atoms. The number of halogens is 1. The Labute approximate surface area is 201 Å². The topological polar surface area (TPSA) is 67.2 Å². The molecule has 2 aromatic heterocycles. The number of rotatable bonds is 9. The SMILES string of the molecule is CCCCCCC(=O)N1CCN(c2nc(CCC)nc3c2c(C)nn3-c2ccc(F)cc2)CC1. The molecule has 34 heavy (non-hydrogen) atoms. The molecule has 1 fully saturated rings. The zero-order valence-corrected chi connectivity index (χ0v) is 20.6. The molecule has 0 atom stereocenters. The molecule has 3 aromatic rings. The number of nitrogens with zero attached hydrogens (tertiary/aromatic N) is 6. The third-order valence-electron chi connectivity index (χ3n) is 6.45. The van der Waals surface area contributed by atoms with Crippen LogP contribution in [0.15, 0.2) is 24.3 Å². The van der Waals surface area contributed by atoms with Gasteiger partial charge in [0, 0.05) is 39.0 Å². The first-order valence-corrected chi connectivity index (χ1v) is 12.6. The van der Waals surface area contributed by atoms with E-state index in [1.165, 1.54) is 25.0 Å². The second-order valence-corrected chi connectivity index (χ2v) is 9.06. The highest BCUT2D eigenvalue weighted by Gasteiger charge is 2.26. The van der Waals surface area contributed by atoms with Gasteiger partial charge < -0.3 is 9.80 Å². The van der Waals surface area contributed by atoms with Gasteiger partial charge in [0.05, 0.1) is 16.8 Å². The number of fused-ring (bicyclic) bond motifs is 1. The van der Waals surface area contributed by atoms with E-state index < -0.39 is 0 Å². The molecule has 0 aliphatic carbocycles. The summed E-state index contributed by atoms with van der Waals surface area (Å²) in [7, 11) is 0. The zero-order chi connectivity index (χ0) is 24.1. The van der Waals surface area contributed by atoms with Crippen molar-refractivity contribution in [1.82, 2.24) is 24.6 Å². The van der Waals surface area contributed by atoms with Gasteiger partial charge >= 0.3 is 0 Å². The molecule has 0 saturated carbocycles. The van der Waals surface area contributed by atoms with Crippen LogP contribution in [-0.2, 0) is 11.2 Å². The smallest absolute Gasteiger partial charge is 0.222 e. The Morgan fingerprint density at radius 2 is 1.71 bits per heavy atom. The van der Waals surface area contributed by atoms with E-state index in [9.17, 15) is 9.18 Å². The Hall–Kier alpha value is -3.03. The maximum Gasteiger partial charge on any atom is 0.222 e. The number of hydrogen-bond acceptors (Lipinski definition) is 5. The van der Waals surface area contributed by atoms with Crippen LogP contribution in [0.5, 0.6) is 0 Å². The van der Waals surface area contributed by atoms with Gasteiger partial charge in [0.25, 0.3) is 0 Å². The van der Waals surface area contributed by atoms with Crippen molar-refractivity contribution in [3.05, 3.63) is 41.6 Å². The molecule has 182 valence electrons. The monoisotopic (exact) mass is 466 g/mol. The van der Waals surface area contributed by atoms with Crippen molar-refractivity contribution in [2.75, 3.05) is 31.1 Å². The average molecular weight is 467 g/mol. The number of aryl methyl sites for hydroxylation is 2. The van der Waals surface area contributed by atoms with Crippen molar-refractivity contribution in [2.24, 2.45) is 0 Å². The second kappa shape index (κ2) is 10.9. The molecule has 0 N–H and O–H groups in total. The lowest BCUT2D eigenvalue weighted by molar-refractivity contribution is -0.131. The molecule has 0 unspecified atom stereocenters. The molecule has 1 saturated heterocycles. The summed E-state index contributed by atoms with van der Waals surface area (Å²) in [4.78, 5) is 26.7. The van der Waals surface area contributed by atoms with Gasteiger partial charge in [0.2, 0.25) is 5.91 Å². The molecular formula is C26H35FN6O. The number of piperazine rings is 1. The standard InChI is InChI=1S/C26H35FN6O/c1-4-6-7-8-10-23(34)31-15-17-32(18-16-31)25-24-19(3)30-33(21-13-11-20(27)12-14-21)26(24)29-22(28-25)9-5-2/h11-14H,4-10,15-18H2,1-3H3. The maximum atomic E-state index is 13.5. The minimum atomic E-state index is -0.281. The summed E-state index contributed by atoms with van der Waals surface area (Å²) < 4.78 is 15.3. The van der Waals surface area contributed by atoms with E-state index in [0.717, 1.165) is 72.8 Å². The van der Waals surface area contributed by atoms with E-state index >= 15 is 0 Å². The van der Waals surface area contributed by atoms with Crippen molar-refractivity contribution in [3.8, 4) is 5.69 Å². The summed E-state index contributed by atoms with van der Waals surface area (Å²) in [5.74, 6) is 1.64. The Morgan fingerprint density at radius 3 is 2.38 bits per heavy atom. The van der Waals surface area contributed by atoms with Crippen molar-refractivity contribution in [2.45, 2.75) is 65.7 Å². The normalized spacial score (nSPS) is 14.2. The van der Waals surface area contributed by atoms with Crippen molar-refractivity contribution < 1.29 is 9.18 Å². The van der Waals surface area contributed by atoms with Gasteiger partial charge in [-0.3, -0.25) is 4.79 Å². The summed E-state index contributed by atoms with van der Waals surface area (Å²) in [5, 5.41) is 5.66. The van der Waals surface area contributed by atoms with Crippen LogP contribution in [0.4, 0.5) is 10.2 Å². The van der Waals surface area contributed by atoms with Crippen molar-refractivity contribution in [3.63, 3.8) is 0 Å². The van der Waals surface area contributed by atoms with Gasteiger partial charge in [-0.25, -0.2) is 19.0 Å². The lowest BCUT2D eigenvalue weighted by Crippen LogP contribution is -2.49. The van der Waals surface area contributed by atoms with Gasteiger partial charge in [-0.05, 0) is 44.0 Å². The van der Waals surface area contributed by atoms with Gasteiger partial charge in [-0.15, -0.1) is 0 Å². The van der Waals surface area contributed by atoms with E-state index in [2.05, 4.69) is 18.7 Å². The van der Waals surface area contributed by atoms with Crippen molar-refractivity contribution >= 4 is 22.8 Å². The number of aromatic nitrogens is 4. The minimum absolute atomic E-state index is 0.260. The van der Waals surface area contributed by atoms with Crippen LogP contribution < -0.4 is 4.90 Å². The number of unbranched alkanes of at least 4 members (excludes halogenated alkanes) is 3. The van der Waals surface area contributed by atoms with Crippen LogP contribution in [-0.4, -0.2) is 56.7 Å². The molecular weight excluding hydrogens is 431 g/mol. The van der Waals surface area contributed by atoms with Gasteiger partial charge in [-0.1, -0.05) is 33.1 Å². The summed E-state index contributed by atoms with van der Waals surface area (Å²) in [6, 6.07) is 6.30. The lowest BCUT2D eigenvalue weighted by Gasteiger charge is -2.36. The number of carbonyl (C=O) groups excluding carboxylic acids is 1. The fourth-order valence-corrected chi connectivity index (χ4v) is 4.56. The van der Waals surface area contributed by atoms with E-state index in [1.54, 1.807) is 16.8 Å². The first kappa shape index (κ1) is 24.1. The molecule has 4 rings (SSSR count). The summed E-state index contributed by atoms with van der Waals surface area (Å²) in [6.45, 7) is 9.13. The van der Waals surface area contributed by atoms with Crippen LogP contribution in [0.3, 0.4) is 0 Å². The van der Waals surface area contributed by atoms with Gasteiger partial charge in [0.15, 0.2) is 5.65 Å². The van der Waals surface area contributed by atoms with Crippen LogP contribution in [0, 0.1) is 12.7 Å². The predicted molar refractivity (Wildman–Crippen MR) is 133 cm³/mol. The lowest BCUT2D eigenvalue weighted by atomic mass is 10.1. The molecule has 1 aliphatic heterocycles. The largest absolute Gasteiger partial charge is 0.352 e. The molecule has 0 spiro atoms. The highest BCUT2D eigenvalue weighted by Crippen LogP contribution is 2.30. The highest BCUT2D eigenvalue weighted by atomic mass is 19.1. The first-order chi connectivity index (χ1) is 16.5. The van der Waals surface area contributed by atoms with Gasteiger partial charge in [-0.2, -0.15) is 5.10 Å². The molecule has 3 heterocycles. The fourth-order valence-electron chi connectivity index (χ4n) is 4.56. The first-order valence-electron chi connectivity index (χ1n) is 12.6. The number of hydrogen-bond donors (Lipinski definition) is 0. The predicted octanol–water partition coefficient (Wildman–Crippen LogP) is 4.83. The molecule has 1 aromatic carbocycles. The van der Waals surface area contributed by atoms with E-state index in [-0.39, 0.29) is 11.7 Å². The molecule has 1 aliphatic rings. The number of benzene rings is 1. The summed E-state index contributed by atoms with van der Waals surface area (Å²) >= 11 is 0. The highest BCUT2D eigenvalue weighted by molar-refractivity contribution is 5.91. The summed E-state index contributed by atoms with van der Waals surface area (Å²) in [5.41, 5.74) is 2.35. The maximum absolute atomic E-state index is 13.5. The Morgan fingerprint density at radius 1 is 0.971 bits per heavy atom. The number of anilines is 1. The van der Waals surface area contributed by atoms with Gasteiger partial charge in [0.1, 0.15) is 17.5 Å². The van der Waals surface area contributed by atoms with Crippen LogP contribution >= 0.6 is 0 Å². The Balaban J connectivity index is 1.59. The number of carbonyl (C=O) groups is 1. The van der Waals surface area contributed by atoms with E-state index in [4.69, 9.17) is 15.1 Å². The van der Waals surface area contributed by atoms with Crippen LogP contribution in [0.2, 0.25) is 0 Å². The van der Waals surface area contributed by atoms with Crippen molar-refractivity contribution in [1.29, 1.82) is 0 Å². The molecule has 7 nitrogen and oxygen atoms in total. The Bertz CT molecular complexity index is 1120. The Kier molecular flexibility index (Phi) is 7.75. The minimum Gasteiger partial charge on any atom is -0.352 e. The van der Waals surface area contributed by atoms with Crippen LogP contribution in [0.1, 0.15) is 63.9 Å². The van der Waals surface area contributed by atoms with E-state index in [1.807, 2.05) is 11.8 Å². The average Bonchev–Trinajstić information content (AvgIpc) is 3.18. The molecule has 8 heteroatoms. The number of amides is 1. The molecule has 0 radical (unpaired) electrons.